The van der Waals surface area contributed by atoms with Crippen LogP contribution in [0.4, 0.5) is 10.5 Å². The van der Waals surface area contributed by atoms with Gasteiger partial charge in [-0.15, -0.1) is 0 Å². The number of aryl methyl sites for hydroxylation is 1. The van der Waals surface area contributed by atoms with E-state index < -0.39 is 11.7 Å². The topological polar surface area (TPSA) is 64.6 Å². The summed E-state index contributed by atoms with van der Waals surface area (Å²) >= 11 is 0. The largest absolute Gasteiger partial charge is 0.461 e. The molecule has 1 N–H and O–H groups in total. The van der Waals surface area contributed by atoms with Gasteiger partial charge in [0.2, 0.25) is 0 Å². The Morgan fingerprint density at radius 2 is 1.65 bits per heavy atom. The van der Waals surface area contributed by atoms with Gasteiger partial charge in [0.15, 0.2) is 0 Å². The zero-order chi connectivity index (χ0) is 19.0. The lowest BCUT2D eigenvalue weighted by Crippen LogP contribution is -2.27. The number of hydrogen-bond acceptors (Lipinski definition) is 4. The fourth-order valence-electron chi connectivity index (χ4n) is 2.28. The van der Waals surface area contributed by atoms with Gasteiger partial charge >= 0.3 is 12.1 Å². The lowest BCUT2D eigenvalue weighted by molar-refractivity contribution is -0.144. The molecule has 0 bridgehead atoms. The van der Waals surface area contributed by atoms with Crippen molar-refractivity contribution < 1.29 is 19.1 Å². The molecule has 2 aromatic carbocycles. The number of carbonyl (C=O) groups excluding carboxylic acids is 2. The van der Waals surface area contributed by atoms with Crippen molar-refractivity contribution in [1.29, 1.82) is 0 Å². The monoisotopic (exact) mass is 355 g/mol. The third-order valence-corrected chi connectivity index (χ3v) is 3.43. The van der Waals surface area contributed by atoms with Gasteiger partial charge in [-0.2, -0.15) is 0 Å². The molecule has 26 heavy (non-hydrogen) atoms. The minimum Gasteiger partial charge on any atom is -0.461 e. The fraction of sp³-hybridized carbons (Fsp3) is 0.333. The van der Waals surface area contributed by atoms with Gasteiger partial charge in [0, 0.05) is 12.1 Å². The predicted octanol–water partition coefficient (Wildman–Crippen LogP) is 4.71. The Hall–Kier alpha value is -2.82. The second kappa shape index (κ2) is 9.04. The third-order valence-electron chi connectivity index (χ3n) is 3.43. The highest BCUT2D eigenvalue weighted by molar-refractivity contribution is 5.85. The summed E-state index contributed by atoms with van der Waals surface area (Å²) in [6.07, 6.45) is 0.317. The van der Waals surface area contributed by atoms with Gasteiger partial charge in [-0.3, -0.25) is 10.1 Å². The zero-order valence-electron chi connectivity index (χ0n) is 15.5. The summed E-state index contributed by atoms with van der Waals surface area (Å²) < 4.78 is 10.5. The van der Waals surface area contributed by atoms with Crippen molar-refractivity contribution in [1.82, 2.24) is 0 Å². The lowest BCUT2D eigenvalue weighted by Gasteiger charge is -2.19. The van der Waals surface area contributed by atoms with Crippen LogP contribution in [-0.4, -0.2) is 17.7 Å². The molecule has 1 amide bonds. The highest BCUT2D eigenvalue weighted by atomic mass is 16.6. The van der Waals surface area contributed by atoms with Crippen molar-refractivity contribution in [2.24, 2.45) is 0 Å². The molecule has 2 aromatic rings. The number of rotatable bonds is 6. The van der Waals surface area contributed by atoms with Crippen LogP contribution in [0.1, 0.15) is 38.3 Å². The summed E-state index contributed by atoms with van der Waals surface area (Å²) in [4.78, 5) is 23.7. The van der Waals surface area contributed by atoms with Crippen LogP contribution in [0.15, 0.2) is 54.6 Å². The predicted molar refractivity (Wildman–Crippen MR) is 101 cm³/mol. The average Bonchev–Trinajstić information content (AvgIpc) is 2.57. The van der Waals surface area contributed by atoms with Crippen LogP contribution in [-0.2, 0) is 27.3 Å². The summed E-state index contributed by atoms with van der Waals surface area (Å²) in [5.41, 5.74) is 1.98. The van der Waals surface area contributed by atoms with E-state index in [2.05, 4.69) is 5.32 Å². The number of nitrogens with one attached hydrogen (secondary N) is 1. The smallest absolute Gasteiger partial charge is 0.412 e. The van der Waals surface area contributed by atoms with Crippen LogP contribution in [0, 0.1) is 0 Å². The van der Waals surface area contributed by atoms with Gasteiger partial charge in [-0.1, -0.05) is 42.5 Å². The molecular formula is C21H25NO4. The summed E-state index contributed by atoms with van der Waals surface area (Å²) in [7, 11) is 0. The first-order chi connectivity index (χ1) is 12.3. The molecule has 0 radical (unpaired) electrons. The summed E-state index contributed by atoms with van der Waals surface area (Å²) in [5, 5.41) is 2.70. The van der Waals surface area contributed by atoms with Gasteiger partial charge in [0.25, 0.3) is 0 Å². The highest BCUT2D eigenvalue weighted by Gasteiger charge is 2.16. The Labute approximate surface area is 154 Å². The molecule has 0 spiro atoms. The number of esters is 1. The normalized spacial score (nSPS) is 10.9. The molecule has 2 rings (SSSR count). The van der Waals surface area contributed by atoms with E-state index >= 15 is 0 Å². The molecule has 5 nitrogen and oxygen atoms in total. The van der Waals surface area contributed by atoms with Crippen molar-refractivity contribution in [2.45, 2.75) is 45.8 Å². The summed E-state index contributed by atoms with van der Waals surface area (Å²) in [6.45, 7) is 5.71. The van der Waals surface area contributed by atoms with E-state index in [9.17, 15) is 9.59 Å². The van der Waals surface area contributed by atoms with E-state index in [1.807, 2.05) is 69.3 Å². The highest BCUT2D eigenvalue weighted by Crippen LogP contribution is 2.15. The second-order valence-electron chi connectivity index (χ2n) is 6.97. The standard InChI is InChI=1S/C21H25NO4/c1-21(2,3)26-20(24)22-18-11-7-10-16(14-18)12-13-19(23)25-15-17-8-5-4-6-9-17/h4-11,14H,12-13,15H2,1-3H3,(H,22,24). The molecule has 0 unspecified atom stereocenters. The van der Waals surface area contributed by atoms with Gasteiger partial charge < -0.3 is 9.47 Å². The van der Waals surface area contributed by atoms with E-state index in [0.717, 1.165) is 11.1 Å². The number of carbonyl (C=O) groups is 2. The van der Waals surface area contributed by atoms with Crippen LogP contribution in [0.5, 0.6) is 0 Å². The van der Waals surface area contributed by atoms with Crippen molar-refractivity contribution in [3.8, 4) is 0 Å². The number of anilines is 1. The van der Waals surface area contributed by atoms with Crippen molar-refractivity contribution in [3.63, 3.8) is 0 Å². The van der Waals surface area contributed by atoms with E-state index in [4.69, 9.17) is 9.47 Å². The molecule has 0 fully saturated rings. The number of ether oxygens (including phenoxy) is 2. The maximum absolute atomic E-state index is 11.9. The number of hydrogen-bond donors (Lipinski definition) is 1. The number of benzene rings is 2. The third kappa shape index (κ3) is 7.38. The van der Waals surface area contributed by atoms with Crippen molar-refractivity contribution >= 4 is 17.7 Å². The average molecular weight is 355 g/mol. The van der Waals surface area contributed by atoms with Gasteiger partial charge in [-0.25, -0.2) is 4.79 Å². The Balaban J connectivity index is 1.80. The van der Waals surface area contributed by atoms with E-state index in [1.54, 1.807) is 6.07 Å². The van der Waals surface area contributed by atoms with Crippen molar-refractivity contribution in [3.05, 3.63) is 65.7 Å². The molecular weight excluding hydrogens is 330 g/mol. The molecule has 0 atom stereocenters. The van der Waals surface area contributed by atoms with Crippen molar-refractivity contribution in [2.75, 3.05) is 5.32 Å². The molecule has 0 heterocycles. The molecule has 138 valence electrons. The van der Waals surface area contributed by atoms with Gasteiger partial charge in [-0.05, 0) is 50.5 Å². The Kier molecular flexibility index (Phi) is 6.78. The van der Waals surface area contributed by atoms with Crippen LogP contribution in [0.3, 0.4) is 0 Å². The minimum absolute atomic E-state index is 0.251. The summed E-state index contributed by atoms with van der Waals surface area (Å²) in [6, 6.07) is 16.9. The molecule has 0 aromatic heterocycles. The SMILES string of the molecule is CC(C)(C)OC(=O)Nc1cccc(CCC(=O)OCc2ccccc2)c1. The Bertz CT molecular complexity index is 735. The van der Waals surface area contributed by atoms with Gasteiger partial charge in [0.1, 0.15) is 12.2 Å². The molecule has 0 saturated heterocycles. The van der Waals surface area contributed by atoms with Crippen LogP contribution >= 0.6 is 0 Å². The lowest BCUT2D eigenvalue weighted by atomic mass is 10.1. The molecule has 5 heteroatoms. The first kappa shape index (κ1) is 19.5. The van der Waals surface area contributed by atoms with E-state index in [1.165, 1.54) is 0 Å². The fourth-order valence-corrected chi connectivity index (χ4v) is 2.28. The van der Waals surface area contributed by atoms with Crippen LogP contribution < -0.4 is 5.32 Å². The van der Waals surface area contributed by atoms with Crippen LogP contribution in [0.25, 0.3) is 0 Å². The first-order valence-corrected chi connectivity index (χ1v) is 8.60. The van der Waals surface area contributed by atoms with E-state index in [-0.39, 0.29) is 19.0 Å². The van der Waals surface area contributed by atoms with E-state index in [0.29, 0.717) is 12.1 Å². The summed E-state index contributed by atoms with van der Waals surface area (Å²) in [5.74, 6) is -0.251. The molecule has 0 aliphatic heterocycles. The first-order valence-electron chi connectivity index (χ1n) is 8.60. The molecule has 0 saturated carbocycles. The molecule has 0 aliphatic carbocycles. The maximum Gasteiger partial charge on any atom is 0.412 e. The minimum atomic E-state index is -0.551. The maximum atomic E-state index is 11.9. The quantitative estimate of drug-likeness (QED) is 0.762. The zero-order valence-corrected chi connectivity index (χ0v) is 15.5. The van der Waals surface area contributed by atoms with Crippen LogP contribution in [0.2, 0.25) is 0 Å². The number of amides is 1. The molecule has 0 aliphatic rings. The Morgan fingerprint density at radius 3 is 2.35 bits per heavy atom. The second-order valence-corrected chi connectivity index (χ2v) is 6.97. The van der Waals surface area contributed by atoms with Gasteiger partial charge in [0.05, 0.1) is 0 Å². The Morgan fingerprint density at radius 1 is 0.962 bits per heavy atom.